The maximum absolute atomic E-state index is 12.7. The fourth-order valence-corrected chi connectivity index (χ4v) is 4.05. The first-order valence-electron chi connectivity index (χ1n) is 10.7. The number of hydrogen-bond donors (Lipinski definition) is 4. The monoisotopic (exact) mass is 456 g/mol. The molecule has 0 spiro atoms. The highest BCUT2D eigenvalue weighted by atomic mass is 16.5. The van der Waals surface area contributed by atoms with Gasteiger partial charge in [0.05, 0.1) is 6.42 Å². The lowest BCUT2D eigenvalue weighted by molar-refractivity contribution is -0.112. The first-order chi connectivity index (χ1) is 15.5. The Bertz CT molecular complexity index is 1130. The molecule has 0 aromatic heterocycles. The Morgan fingerprint density at radius 2 is 1.91 bits per heavy atom. The van der Waals surface area contributed by atoms with E-state index in [0.29, 0.717) is 22.6 Å². The molecule has 33 heavy (non-hydrogen) atoms. The molecule has 0 radical (unpaired) electrons. The van der Waals surface area contributed by atoms with Gasteiger partial charge in [0.25, 0.3) is 0 Å². The third-order valence-electron chi connectivity index (χ3n) is 5.89. The number of aromatic hydroxyl groups is 2. The van der Waals surface area contributed by atoms with Crippen LogP contribution in [0.2, 0.25) is 0 Å². The molecule has 2 aromatic carbocycles. The zero-order chi connectivity index (χ0) is 24.1. The van der Waals surface area contributed by atoms with E-state index in [4.69, 9.17) is 14.2 Å². The lowest BCUT2D eigenvalue weighted by atomic mass is 9.86. The number of aliphatic hydroxyl groups is 2. The van der Waals surface area contributed by atoms with Crippen molar-refractivity contribution in [1.82, 2.24) is 0 Å². The van der Waals surface area contributed by atoms with E-state index >= 15 is 0 Å². The number of aliphatic hydroxyl groups excluding tert-OH is 2. The quantitative estimate of drug-likeness (QED) is 0.513. The van der Waals surface area contributed by atoms with Gasteiger partial charge in [-0.1, -0.05) is 5.57 Å². The zero-order valence-corrected chi connectivity index (χ0v) is 19.0. The molecule has 2 aliphatic rings. The number of phenols is 2. The summed E-state index contributed by atoms with van der Waals surface area (Å²) in [6, 6.07) is 5.67. The minimum absolute atomic E-state index is 0.0163. The van der Waals surface area contributed by atoms with Gasteiger partial charge in [0.15, 0.2) is 17.3 Å². The molecule has 8 heteroatoms. The van der Waals surface area contributed by atoms with E-state index in [0.717, 1.165) is 11.6 Å². The highest BCUT2D eigenvalue weighted by Gasteiger charge is 2.44. The molecule has 4 rings (SSSR count). The van der Waals surface area contributed by atoms with Crippen molar-refractivity contribution in [3.63, 3.8) is 0 Å². The van der Waals surface area contributed by atoms with Crippen LogP contribution in [0.1, 0.15) is 67.8 Å². The zero-order valence-electron chi connectivity index (χ0n) is 19.0. The highest BCUT2D eigenvalue weighted by molar-refractivity contribution is 6.02. The van der Waals surface area contributed by atoms with Crippen LogP contribution >= 0.6 is 0 Å². The number of carbonyl (C=O) groups is 1. The Balaban J connectivity index is 1.78. The standard InChI is InChI=1S/C25H28O8/c1-12(2)5-6-31-20-8-13(7-15-22(29)24(30)25(3,4)33-23(15)20)18-11-17(28)21-16(27)9-14(26)10-19(21)32-18/h5,7-10,18,22,24,26-27,29-30H,6,11H2,1-4H3/t18-,22+,24-/m1/s1. The third-order valence-corrected chi connectivity index (χ3v) is 5.89. The number of allylic oxidation sites excluding steroid dienone is 1. The summed E-state index contributed by atoms with van der Waals surface area (Å²) in [5, 5.41) is 41.3. The number of hydrogen-bond acceptors (Lipinski definition) is 8. The van der Waals surface area contributed by atoms with Crippen LogP contribution in [0.15, 0.2) is 35.9 Å². The number of fused-ring (bicyclic) bond motifs is 2. The number of carbonyl (C=O) groups excluding carboxylic acids is 1. The summed E-state index contributed by atoms with van der Waals surface area (Å²) in [7, 11) is 0. The van der Waals surface area contributed by atoms with Gasteiger partial charge in [-0.15, -0.1) is 0 Å². The molecule has 0 aliphatic carbocycles. The molecule has 0 saturated carbocycles. The van der Waals surface area contributed by atoms with Crippen molar-refractivity contribution >= 4 is 5.78 Å². The fraction of sp³-hybridized carbons (Fsp3) is 0.400. The van der Waals surface area contributed by atoms with Crippen LogP contribution in [0, 0.1) is 0 Å². The summed E-state index contributed by atoms with van der Waals surface area (Å²) >= 11 is 0. The second kappa shape index (κ2) is 8.28. The smallest absolute Gasteiger partial charge is 0.174 e. The van der Waals surface area contributed by atoms with Crippen molar-refractivity contribution in [2.24, 2.45) is 0 Å². The maximum Gasteiger partial charge on any atom is 0.174 e. The van der Waals surface area contributed by atoms with E-state index in [-0.39, 0.29) is 41.6 Å². The molecule has 2 aromatic rings. The molecule has 4 N–H and O–H groups in total. The van der Waals surface area contributed by atoms with Crippen LogP contribution in [0.25, 0.3) is 0 Å². The average Bonchev–Trinajstić information content (AvgIpc) is 2.71. The van der Waals surface area contributed by atoms with Gasteiger partial charge >= 0.3 is 0 Å². The van der Waals surface area contributed by atoms with Crippen molar-refractivity contribution in [2.45, 2.75) is 58.0 Å². The predicted octanol–water partition coefficient (Wildman–Crippen LogP) is 3.71. The average molecular weight is 456 g/mol. The molecule has 0 amide bonds. The first kappa shape index (κ1) is 22.9. The molecule has 0 saturated heterocycles. The van der Waals surface area contributed by atoms with Gasteiger partial charge in [-0.25, -0.2) is 0 Å². The number of ketones is 1. The van der Waals surface area contributed by atoms with Gasteiger partial charge in [0.2, 0.25) is 0 Å². The van der Waals surface area contributed by atoms with E-state index < -0.39 is 23.9 Å². The second-order valence-corrected chi connectivity index (χ2v) is 9.20. The summed E-state index contributed by atoms with van der Waals surface area (Å²) in [6.07, 6.45) is -1.37. The molecule has 0 unspecified atom stereocenters. The van der Waals surface area contributed by atoms with Crippen molar-refractivity contribution in [2.75, 3.05) is 6.61 Å². The summed E-state index contributed by atoms with van der Waals surface area (Å²) in [5.74, 6) is -0.192. The lowest BCUT2D eigenvalue weighted by Crippen LogP contribution is -2.48. The summed E-state index contributed by atoms with van der Waals surface area (Å²) in [4.78, 5) is 12.7. The molecule has 2 aliphatic heterocycles. The molecule has 0 bridgehead atoms. The summed E-state index contributed by atoms with van der Waals surface area (Å²) in [6.45, 7) is 7.50. The van der Waals surface area contributed by atoms with Crippen LogP contribution in [-0.2, 0) is 0 Å². The maximum atomic E-state index is 12.7. The second-order valence-electron chi connectivity index (χ2n) is 9.20. The van der Waals surface area contributed by atoms with E-state index in [1.807, 2.05) is 19.9 Å². The van der Waals surface area contributed by atoms with Gasteiger partial charge in [0, 0.05) is 17.7 Å². The number of ether oxygens (including phenoxy) is 3. The Morgan fingerprint density at radius 1 is 1.18 bits per heavy atom. The number of phenolic OH excluding ortho intramolecular Hbond substituents is 2. The van der Waals surface area contributed by atoms with E-state index in [1.54, 1.807) is 26.0 Å². The molecule has 0 fully saturated rings. The fourth-order valence-electron chi connectivity index (χ4n) is 4.05. The summed E-state index contributed by atoms with van der Waals surface area (Å²) < 4.78 is 17.9. The van der Waals surface area contributed by atoms with Crippen molar-refractivity contribution in [1.29, 1.82) is 0 Å². The van der Waals surface area contributed by atoms with Crippen molar-refractivity contribution in [3.05, 3.63) is 52.6 Å². The number of Topliss-reactive ketones (excluding diaryl/α,β-unsaturated/α-hetero) is 1. The Kier molecular flexibility index (Phi) is 5.76. The normalized spacial score (nSPS) is 23.0. The minimum atomic E-state index is -1.24. The molecule has 2 heterocycles. The van der Waals surface area contributed by atoms with Gasteiger partial charge in [-0.05, 0) is 51.5 Å². The number of rotatable bonds is 4. The largest absolute Gasteiger partial charge is 0.508 e. The first-order valence-corrected chi connectivity index (χ1v) is 10.7. The topological polar surface area (TPSA) is 126 Å². The SMILES string of the molecule is CC(C)=CCOc1cc([C@H]2CC(=O)c3c(O)cc(O)cc3O2)cc2c1OC(C)(C)[C@H](O)[C@H]2O. The van der Waals surface area contributed by atoms with E-state index in [1.165, 1.54) is 6.07 Å². The van der Waals surface area contributed by atoms with Crippen LogP contribution in [-0.4, -0.2) is 44.5 Å². The molecule has 8 nitrogen and oxygen atoms in total. The van der Waals surface area contributed by atoms with Gasteiger partial charge in [0.1, 0.15) is 53.3 Å². The molecular weight excluding hydrogens is 428 g/mol. The van der Waals surface area contributed by atoms with E-state index in [9.17, 15) is 25.2 Å². The van der Waals surface area contributed by atoms with Crippen molar-refractivity contribution < 1.29 is 39.4 Å². The Morgan fingerprint density at radius 3 is 2.61 bits per heavy atom. The lowest BCUT2D eigenvalue weighted by Gasteiger charge is -2.41. The van der Waals surface area contributed by atoms with Gasteiger partial charge in [-0.2, -0.15) is 0 Å². The Hall–Kier alpha value is -3.23. The highest BCUT2D eigenvalue weighted by Crippen LogP contribution is 2.48. The van der Waals surface area contributed by atoms with Crippen LogP contribution < -0.4 is 14.2 Å². The van der Waals surface area contributed by atoms with Crippen molar-refractivity contribution in [3.8, 4) is 28.7 Å². The third kappa shape index (κ3) is 4.24. The van der Waals surface area contributed by atoms with Gasteiger partial charge in [-0.3, -0.25) is 4.79 Å². The van der Waals surface area contributed by atoms with Gasteiger partial charge < -0.3 is 34.6 Å². The molecule has 176 valence electrons. The van der Waals surface area contributed by atoms with Crippen LogP contribution in [0.3, 0.4) is 0 Å². The van der Waals surface area contributed by atoms with Crippen LogP contribution in [0.5, 0.6) is 28.7 Å². The molecule has 3 atom stereocenters. The summed E-state index contributed by atoms with van der Waals surface area (Å²) in [5.41, 5.74) is 0.884. The molecular formula is C25H28O8. The Labute approximate surface area is 191 Å². The predicted molar refractivity (Wildman–Crippen MR) is 119 cm³/mol. The number of benzene rings is 2. The minimum Gasteiger partial charge on any atom is -0.508 e. The van der Waals surface area contributed by atoms with Crippen LogP contribution in [0.4, 0.5) is 0 Å². The van der Waals surface area contributed by atoms with E-state index in [2.05, 4.69) is 0 Å².